The predicted octanol–water partition coefficient (Wildman–Crippen LogP) is 2.77. The summed E-state index contributed by atoms with van der Waals surface area (Å²) >= 11 is 0. The number of rotatable bonds is 1. The van der Waals surface area contributed by atoms with Crippen LogP contribution in [0.25, 0.3) is 0 Å². The molecule has 1 fully saturated rings. The molecule has 0 radical (unpaired) electrons. The molecule has 0 aliphatic heterocycles. The molecule has 2 atom stereocenters. The van der Waals surface area contributed by atoms with Crippen LogP contribution in [0.1, 0.15) is 31.2 Å². The van der Waals surface area contributed by atoms with Crippen LogP contribution in [-0.2, 0) is 4.79 Å². The summed E-state index contributed by atoms with van der Waals surface area (Å²) in [6.45, 7) is 2.17. The molecular formula is C12H14O. The second kappa shape index (κ2) is 3.33. The molecule has 68 valence electrons. The van der Waals surface area contributed by atoms with Gasteiger partial charge in [0.05, 0.1) is 0 Å². The van der Waals surface area contributed by atoms with E-state index in [0.717, 1.165) is 12.8 Å². The van der Waals surface area contributed by atoms with E-state index >= 15 is 0 Å². The van der Waals surface area contributed by atoms with Crippen molar-refractivity contribution < 1.29 is 4.79 Å². The standard InChI is InChI=1S/C12H14O/c1-9-7-11(13)8-12(9)10-5-3-2-4-6-10/h2-6,9,12H,7-8H2,1H3/t9-,12-/m1/s1. The highest BCUT2D eigenvalue weighted by Crippen LogP contribution is 2.36. The number of hydrogen-bond acceptors (Lipinski definition) is 1. The smallest absolute Gasteiger partial charge is 0.133 e. The van der Waals surface area contributed by atoms with Crippen LogP contribution >= 0.6 is 0 Å². The number of carbonyl (C=O) groups excluding carboxylic acids is 1. The van der Waals surface area contributed by atoms with Gasteiger partial charge < -0.3 is 0 Å². The normalized spacial score (nSPS) is 27.9. The van der Waals surface area contributed by atoms with Crippen LogP contribution in [0.5, 0.6) is 0 Å². The molecule has 1 heteroatoms. The van der Waals surface area contributed by atoms with Gasteiger partial charge in [-0.3, -0.25) is 4.79 Å². The van der Waals surface area contributed by atoms with Gasteiger partial charge >= 0.3 is 0 Å². The van der Waals surface area contributed by atoms with Crippen molar-refractivity contribution in [3.05, 3.63) is 35.9 Å². The Bertz CT molecular complexity index is 302. The van der Waals surface area contributed by atoms with Crippen molar-refractivity contribution >= 4 is 5.78 Å². The molecule has 0 aromatic heterocycles. The Kier molecular flexibility index (Phi) is 2.17. The molecule has 0 saturated heterocycles. The average molecular weight is 174 g/mol. The third kappa shape index (κ3) is 1.64. The first-order chi connectivity index (χ1) is 6.27. The molecule has 13 heavy (non-hydrogen) atoms. The van der Waals surface area contributed by atoms with Crippen LogP contribution in [0, 0.1) is 5.92 Å². The Labute approximate surface area is 78.8 Å². The molecule has 1 aromatic carbocycles. The van der Waals surface area contributed by atoms with Crippen molar-refractivity contribution in [1.82, 2.24) is 0 Å². The van der Waals surface area contributed by atoms with E-state index in [1.54, 1.807) is 0 Å². The van der Waals surface area contributed by atoms with Gasteiger partial charge in [0, 0.05) is 12.8 Å². The summed E-state index contributed by atoms with van der Waals surface area (Å²) in [6.07, 6.45) is 1.50. The molecule has 0 spiro atoms. The van der Waals surface area contributed by atoms with Crippen LogP contribution in [0.3, 0.4) is 0 Å². The third-order valence-corrected chi connectivity index (χ3v) is 2.91. The Morgan fingerprint density at radius 2 is 1.85 bits per heavy atom. The predicted molar refractivity (Wildman–Crippen MR) is 52.6 cm³/mol. The minimum Gasteiger partial charge on any atom is -0.300 e. The van der Waals surface area contributed by atoms with Crippen molar-refractivity contribution in [2.45, 2.75) is 25.7 Å². The zero-order valence-electron chi connectivity index (χ0n) is 7.86. The zero-order valence-corrected chi connectivity index (χ0v) is 7.86. The van der Waals surface area contributed by atoms with E-state index < -0.39 is 0 Å². The van der Waals surface area contributed by atoms with Crippen molar-refractivity contribution in [2.75, 3.05) is 0 Å². The van der Waals surface area contributed by atoms with Gasteiger partial charge in [-0.1, -0.05) is 37.3 Å². The van der Waals surface area contributed by atoms with Gasteiger partial charge in [0.2, 0.25) is 0 Å². The fourth-order valence-corrected chi connectivity index (χ4v) is 2.18. The maximum absolute atomic E-state index is 11.2. The lowest BCUT2D eigenvalue weighted by molar-refractivity contribution is -0.117. The first-order valence-corrected chi connectivity index (χ1v) is 4.84. The molecule has 0 bridgehead atoms. The van der Waals surface area contributed by atoms with Gasteiger partial charge in [0.1, 0.15) is 5.78 Å². The summed E-state index contributed by atoms with van der Waals surface area (Å²) in [7, 11) is 0. The largest absolute Gasteiger partial charge is 0.300 e. The van der Waals surface area contributed by atoms with E-state index in [1.165, 1.54) is 5.56 Å². The van der Waals surface area contributed by atoms with Crippen LogP contribution < -0.4 is 0 Å². The Morgan fingerprint density at radius 1 is 1.15 bits per heavy atom. The molecule has 1 aliphatic rings. The molecule has 0 amide bonds. The molecule has 0 N–H and O–H groups in total. The van der Waals surface area contributed by atoms with Gasteiger partial charge in [-0.25, -0.2) is 0 Å². The van der Waals surface area contributed by atoms with Crippen LogP contribution in [-0.4, -0.2) is 5.78 Å². The van der Waals surface area contributed by atoms with Crippen molar-refractivity contribution in [2.24, 2.45) is 5.92 Å². The summed E-state index contributed by atoms with van der Waals surface area (Å²) in [5.41, 5.74) is 1.32. The van der Waals surface area contributed by atoms with E-state index in [1.807, 2.05) is 18.2 Å². The molecular weight excluding hydrogens is 160 g/mol. The van der Waals surface area contributed by atoms with E-state index in [-0.39, 0.29) is 0 Å². The number of benzene rings is 1. The van der Waals surface area contributed by atoms with Gasteiger partial charge in [0.15, 0.2) is 0 Å². The van der Waals surface area contributed by atoms with Gasteiger partial charge in [-0.15, -0.1) is 0 Å². The number of carbonyl (C=O) groups is 1. The molecule has 0 heterocycles. The van der Waals surface area contributed by atoms with Crippen molar-refractivity contribution in [3.63, 3.8) is 0 Å². The minimum absolute atomic E-state index is 0.418. The second-order valence-electron chi connectivity index (χ2n) is 3.94. The molecule has 1 aliphatic carbocycles. The van der Waals surface area contributed by atoms with Crippen molar-refractivity contribution in [3.8, 4) is 0 Å². The lowest BCUT2D eigenvalue weighted by atomic mass is 9.90. The summed E-state index contributed by atoms with van der Waals surface area (Å²) in [6, 6.07) is 10.4. The highest BCUT2D eigenvalue weighted by atomic mass is 16.1. The monoisotopic (exact) mass is 174 g/mol. The van der Waals surface area contributed by atoms with E-state index in [9.17, 15) is 4.79 Å². The second-order valence-corrected chi connectivity index (χ2v) is 3.94. The van der Waals surface area contributed by atoms with E-state index in [0.29, 0.717) is 17.6 Å². The maximum atomic E-state index is 11.2. The van der Waals surface area contributed by atoms with Crippen molar-refractivity contribution in [1.29, 1.82) is 0 Å². The SMILES string of the molecule is C[C@@H]1CC(=O)C[C@H]1c1ccccc1. The fraction of sp³-hybridized carbons (Fsp3) is 0.417. The summed E-state index contributed by atoms with van der Waals surface area (Å²) in [5, 5.41) is 0. The Balaban J connectivity index is 2.23. The lowest BCUT2D eigenvalue weighted by Crippen LogP contribution is -2.01. The van der Waals surface area contributed by atoms with Gasteiger partial charge in [-0.05, 0) is 17.4 Å². The Morgan fingerprint density at radius 3 is 2.38 bits per heavy atom. The summed E-state index contributed by atoms with van der Waals surface area (Å²) < 4.78 is 0. The number of ketones is 1. The summed E-state index contributed by atoms with van der Waals surface area (Å²) in [4.78, 5) is 11.2. The highest BCUT2D eigenvalue weighted by Gasteiger charge is 2.30. The number of hydrogen-bond donors (Lipinski definition) is 0. The minimum atomic E-state index is 0.418. The molecule has 1 nitrogen and oxygen atoms in total. The van der Waals surface area contributed by atoms with Crippen LogP contribution in [0.15, 0.2) is 30.3 Å². The third-order valence-electron chi connectivity index (χ3n) is 2.91. The molecule has 0 unspecified atom stereocenters. The zero-order chi connectivity index (χ0) is 9.26. The first-order valence-electron chi connectivity index (χ1n) is 4.84. The molecule has 1 saturated carbocycles. The van der Waals surface area contributed by atoms with E-state index in [2.05, 4.69) is 19.1 Å². The summed E-state index contributed by atoms with van der Waals surface area (Å²) in [5.74, 6) is 1.41. The first kappa shape index (κ1) is 8.49. The lowest BCUT2D eigenvalue weighted by Gasteiger charge is -2.13. The van der Waals surface area contributed by atoms with E-state index in [4.69, 9.17) is 0 Å². The topological polar surface area (TPSA) is 17.1 Å². The molecule has 1 aromatic rings. The highest BCUT2D eigenvalue weighted by molar-refractivity contribution is 5.82. The quantitative estimate of drug-likeness (QED) is 0.639. The average Bonchev–Trinajstić information content (AvgIpc) is 2.47. The molecule has 2 rings (SSSR count). The van der Waals surface area contributed by atoms with Gasteiger partial charge in [0.25, 0.3) is 0 Å². The van der Waals surface area contributed by atoms with Crippen LogP contribution in [0.2, 0.25) is 0 Å². The maximum Gasteiger partial charge on any atom is 0.133 e. The number of Topliss-reactive ketones (excluding diaryl/α,β-unsaturated/α-hetero) is 1. The van der Waals surface area contributed by atoms with Gasteiger partial charge in [-0.2, -0.15) is 0 Å². The van der Waals surface area contributed by atoms with Crippen LogP contribution in [0.4, 0.5) is 0 Å². The Hall–Kier alpha value is -1.11. The fourth-order valence-electron chi connectivity index (χ4n) is 2.18.